The highest BCUT2D eigenvalue weighted by Crippen LogP contribution is 2.28. The summed E-state index contributed by atoms with van der Waals surface area (Å²) in [5.41, 5.74) is 8.19. The summed E-state index contributed by atoms with van der Waals surface area (Å²) in [6.45, 7) is 1.79. The topological polar surface area (TPSA) is 105 Å². The van der Waals surface area contributed by atoms with Crippen molar-refractivity contribution in [2.45, 2.75) is 6.92 Å². The number of hydrogen-bond acceptors (Lipinski definition) is 7. The van der Waals surface area contributed by atoms with Crippen LogP contribution < -0.4 is 20.8 Å². The first-order valence-electron chi connectivity index (χ1n) is 12.9. The average molecular weight is 641 g/mol. The summed E-state index contributed by atoms with van der Waals surface area (Å²) >= 11 is 4.98. The number of nitrogens with zero attached hydrogens (tertiary/aromatic N) is 2. The number of rotatable bonds is 10. The Hall–Kier alpha value is -4.80. The molecule has 3 N–H and O–H groups in total. The van der Waals surface area contributed by atoms with Crippen LogP contribution in [0.1, 0.15) is 21.5 Å². The molecule has 8 nitrogen and oxygen atoms in total. The van der Waals surface area contributed by atoms with Crippen molar-refractivity contribution < 1.29 is 14.3 Å². The summed E-state index contributed by atoms with van der Waals surface area (Å²) in [7, 11) is 0. The fourth-order valence-corrected chi connectivity index (χ4v) is 5.14. The molecule has 0 saturated carbocycles. The molecule has 0 fully saturated rings. The Morgan fingerprint density at radius 3 is 2.50 bits per heavy atom. The van der Waals surface area contributed by atoms with Gasteiger partial charge in [-0.05, 0) is 82.5 Å². The number of aryl methyl sites for hydroxylation is 1. The number of thiazole rings is 1. The first-order chi connectivity index (χ1) is 20.4. The van der Waals surface area contributed by atoms with Gasteiger partial charge < -0.3 is 15.4 Å². The van der Waals surface area contributed by atoms with Gasteiger partial charge in [0, 0.05) is 27.9 Å². The highest BCUT2D eigenvalue weighted by atomic mass is 79.9. The average Bonchev–Trinajstić information content (AvgIpc) is 3.47. The van der Waals surface area contributed by atoms with E-state index >= 15 is 0 Å². The molecule has 1 heterocycles. The zero-order chi connectivity index (χ0) is 29.3. The van der Waals surface area contributed by atoms with Gasteiger partial charge in [-0.15, -0.1) is 11.3 Å². The molecule has 210 valence electrons. The van der Waals surface area contributed by atoms with Gasteiger partial charge in [0.25, 0.3) is 11.8 Å². The van der Waals surface area contributed by atoms with E-state index in [4.69, 9.17) is 4.74 Å². The number of carbonyl (C=O) groups is 2. The predicted octanol–water partition coefficient (Wildman–Crippen LogP) is 7.41. The van der Waals surface area contributed by atoms with Gasteiger partial charge in [0.05, 0.1) is 16.4 Å². The van der Waals surface area contributed by atoms with Crippen molar-refractivity contribution in [3.05, 3.63) is 124 Å². The van der Waals surface area contributed by atoms with Crippen molar-refractivity contribution in [2.75, 3.05) is 17.2 Å². The number of amides is 2. The summed E-state index contributed by atoms with van der Waals surface area (Å²) < 4.78 is 6.31. The maximum atomic E-state index is 12.6. The largest absolute Gasteiger partial charge is 0.483 e. The third kappa shape index (κ3) is 7.68. The van der Waals surface area contributed by atoms with Crippen molar-refractivity contribution in [1.29, 1.82) is 0 Å². The van der Waals surface area contributed by atoms with Crippen LogP contribution in [0.4, 0.5) is 16.5 Å². The molecular formula is C32H26BrN5O3S. The van der Waals surface area contributed by atoms with Crippen LogP contribution in [-0.4, -0.2) is 29.6 Å². The summed E-state index contributed by atoms with van der Waals surface area (Å²) in [5.74, 6) is -0.0746. The Morgan fingerprint density at radius 2 is 1.74 bits per heavy atom. The highest BCUT2D eigenvalue weighted by Gasteiger charge is 2.10. The Bertz CT molecular complexity index is 1720. The number of anilines is 3. The molecule has 0 saturated heterocycles. The van der Waals surface area contributed by atoms with Gasteiger partial charge in [-0.25, -0.2) is 10.4 Å². The normalized spacial score (nSPS) is 10.8. The van der Waals surface area contributed by atoms with Crippen LogP contribution in [0, 0.1) is 6.92 Å². The van der Waals surface area contributed by atoms with Gasteiger partial charge in [-0.1, -0.05) is 48.5 Å². The number of nitrogens with one attached hydrogen (secondary N) is 3. The molecule has 0 radical (unpaired) electrons. The van der Waals surface area contributed by atoms with Crippen LogP contribution in [0.2, 0.25) is 0 Å². The number of ether oxygens (including phenoxy) is 1. The van der Waals surface area contributed by atoms with Crippen LogP contribution >= 0.6 is 27.3 Å². The summed E-state index contributed by atoms with van der Waals surface area (Å²) in [4.78, 5) is 29.5. The lowest BCUT2D eigenvalue weighted by Gasteiger charge is -2.10. The van der Waals surface area contributed by atoms with Gasteiger partial charge >= 0.3 is 0 Å². The third-order valence-corrected chi connectivity index (χ3v) is 7.46. The van der Waals surface area contributed by atoms with Gasteiger partial charge in [-0.3, -0.25) is 9.59 Å². The molecule has 1 aromatic heterocycles. The van der Waals surface area contributed by atoms with Gasteiger partial charge in [0.1, 0.15) is 5.75 Å². The second-order valence-electron chi connectivity index (χ2n) is 9.15. The molecule has 5 rings (SSSR count). The molecule has 0 aliphatic heterocycles. The van der Waals surface area contributed by atoms with Gasteiger partial charge in [-0.2, -0.15) is 5.10 Å². The van der Waals surface area contributed by atoms with Gasteiger partial charge in [0.15, 0.2) is 11.7 Å². The second-order valence-corrected chi connectivity index (χ2v) is 10.9. The van der Waals surface area contributed by atoms with E-state index in [2.05, 4.69) is 42.1 Å². The third-order valence-electron chi connectivity index (χ3n) is 6.09. The van der Waals surface area contributed by atoms with E-state index in [0.717, 1.165) is 38.9 Å². The van der Waals surface area contributed by atoms with Crippen molar-refractivity contribution >= 4 is 61.8 Å². The van der Waals surface area contributed by atoms with E-state index in [1.807, 2.05) is 79.0 Å². The Morgan fingerprint density at radius 1 is 0.976 bits per heavy atom. The van der Waals surface area contributed by atoms with E-state index < -0.39 is 0 Å². The lowest BCUT2D eigenvalue weighted by molar-refractivity contribution is -0.118. The highest BCUT2D eigenvalue weighted by molar-refractivity contribution is 9.10. The minimum Gasteiger partial charge on any atom is -0.483 e. The molecule has 4 aromatic carbocycles. The molecule has 0 aliphatic carbocycles. The Balaban J connectivity index is 1.11. The van der Waals surface area contributed by atoms with Crippen molar-refractivity contribution in [3.63, 3.8) is 0 Å². The minimum atomic E-state index is -0.332. The van der Waals surface area contributed by atoms with Crippen LogP contribution in [0.3, 0.4) is 0 Å². The molecule has 2 amide bonds. The van der Waals surface area contributed by atoms with Crippen LogP contribution in [0.25, 0.3) is 11.3 Å². The number of hydrogen-bond donors (Lipinski definition) is 3. The monoisotopic (exact) mass is 639 g/mol. The molecule has 0 aliphatic rings. The number of hydrazone groups is 1. The maximum absolute atomic E-state index is 12.6. The first-order valence-corrected chi connectivity index (χ1v) is 14.6. The van der Waals surface area contributed by atoms with Crippen LogP contribution in [0.15, 0.2) is 112 Å². The molecule has 42 heavy (non-hydrogen) atoms. The number of benzene rings is 4. The smallest absolute Gasteiger partial charge is 0.271 e. The van der Waals surface area contributed by atoms with Crippen LogP contribution in [-0.2, 0) is 4.79 Å². The predicted molar refractivity (Wildman–Crippen MR) is 172 cm³/mol. The number of halogens is 1. The zero-order valence-corrected chi connectivity index (χ0v) is 24.9. The standard InChI is InChI=1S/C32H26BrN5O3S/c1-21-7-5-6-10-27(21)36-30(39)19-41-29-16-11-22(17-26(29)33)18-34-38-31(40)24-14-12-23(13-15-24)28-20-42-32(37-28)35-25-8-3-2-4-9-25/h2-18,20H,19H2,1H3,(H,35,37)(H,36,39)(H,38,40)/b34-18+. The van der Waals surface area contributed by atoms with Crippen molar-refractivity contribution in [3.8, 4) is 17.0 Å². The van der Waals surface area contributed by atoms with Crippen molar-refractivity contribution in [2.24, 2.45) is 5.10 Å². The molecule has 0 spiro atoms. The van der Waals surface area contributed by atoms with Crippen molar-refractivity contribution in [1.82, 2.24) is 10.4 Å². The van der Waals surface area contributed by atoms with E-state index in [1.165, 1.54) is 17.6 Å². The van der Waals surface area contributed by atoms with E-state index in [0.29, 0.717) is 15.8 Å². The first kappa shape index (κ1) is 28.7. The molecule has 0 atom stereocenters. The zero-order valence-electron chi connectivity index (χ0n) is 22.5. The summed E-state index contributed by atoms with van der Waals surface area (Å²) in [5, 5.41) is 13.0. The maximum Gasteiger partial charge on any atom is 0.271 e. The van der Waals surface area contributed by atoms with E-state index in [-0.39, 0.29) is 18.4 Å². The Labute approximate surface area is 255 Å². The molecule has 10 heteroatoms. The fraction of sp³-hybridized carbons (Fsp3) is 0.0625. The fourth-order valence-electron chi connectivity index (χ4n) is 3.89. The SMILES string of the molecule is Cc1ccccc1NC(=O)COc1ccc(/C=N/NC(=O)c2ccc(-c3csc(Nc4ccccc4)n3)cc2)cc1Br. The van der Waals surface area contributed by atoms with Crippen LogP contribution in [0.5, 0.6) is 5.75 Å². The number of carbonyl (C=O) groups excluding carboxylic acids is 2. The number of para-hydroxylation sites is 2. The lowest BCUT2D eigenvalue weighted by atomic mass is 10.1. The summed E-state index contributed by atoms with van der Waals surface area (Å²) in [6, 6.07) is 29.9. The molecule has 0 bridgehead atoms. The summed E-state index contributed by atoms with van der Waals surface area (Å²) in [6.07, 6.45) is 1.53. The molecule has 5 aromatic rings. The Kier molecular flexibility index (Phi) is 9.37. The van der Waals surface area contributed by atoms with E-state index in [1.54, 1.807) is 30.3 Å². The number of aromatic nitrogens is 1. The quantitative estimate of drug-likeness (QED) is 0.109. The minimum absolute atomic E-state index is 0.135. The second kappa shape index (κ2) is 13.7. The van der Waals surface area contributed by atoms with Gasteiger partial charge in [0.2, 0.25) is 0 Å². The lowest BCUT2D eigenvalue weighted by Crippen LogP contribution is -2.20. The molecule has 0 unspecified atom stereocenters. The molecular weight excluding hydrogens is 614 g/mol. The van der Waals surface area contributed by atoms with E-state index in [9.17, 15) is 9.59 Å².